The van der Waals surface area contributed by atoms with Gasteiger partial charge in [0.15, 0.2) is 6.29 Å². The Morgan fingerprint density at radius 1 is 1.15 bits per heavy atom. The van der Waals surface area contributed by atoms with Crippen LogP contribution in [0.4, 0.5) is 0 Å². The molecule has 5 heteroatoms. The summed E-state index contributed by atoms with van der Waals surface area (Å²) < 4.78 is 0. The van der Waals surface area contributed by atoms with Crippen LogP contribution in [0.2, 0.25) is 10.0 Å². The van der Waals surface area contributed by atoms with Gasteiger partial charge in [0.2, 0.25) is 0 Å². The minimum atomic E-state index is -0.745. The maximum Gasteiger partial charge on any atom is 0.151 e. The molecule has 70 valence electrons. The first kappa shape index (κ1) is 11.1. The lowest BCUT2D eigenvalue weighted by Crippen LogP contribution is -1.89. The molecule has 0 N–H and O–H groups in total. The summed E-state index contributed by atoms with van der Waals surface area (Å²) in [6, 6.07) is 3.09. The fourth-order valence-corrected chi connectivity index (χ4v) is 1.81. The standard InChI is InChI=1S/C8H4Cl4O/c9-6-4(3-13)1-2-5(7(6)10)8(11)12/h1-3,8H. The van der Waals surface area contributed by atoms with E-state index in [2.05, 4.69) is 0 Å². The molecule has 0 fully saturated rings. The summed E-state index contributed by atoms with van der Waals surface area (Å²) in [6.45, 7) is 0. The summed E-state index contributed by atoms with van der Waals surface area (Å²) in [5, 5.41) is 0.404. The van der Waals surface area contributed by atoms with Crippen molar-refractivity contribution in [3.8, 4) is 0 Å². The van der Waals surface area contributed by atoms with Gasteiger partial charge in [-0.1, -0.05) is 29.3 Å². The number of carbonyl (C=O) groups excluding carboxylic acids is 1. The maximum atomic E-state index is 10.5. The molecule has 0 saturated carbocycles. The van der Waals surface area contributed by atoms with Gasteiger partial charge >= 0.3 is 0 Å². The number of hydrogen-bond donors (Lipinski definition) is 0. The first-order chi connectivity index (χ1) is 6.07. The molecule has 1 aromatic rings. The van der Waals surface area contributed by atoms with E-state index in [9.17, 15) is 4.79 Å². The molecule has 1 nitrogen and oxygen atoms in total. The number of benzene rings is 1. The molecule has 0 bridgehead atoms. The van der Waals surface area contributed by atoms with Gasteiger partial charge in [-0.2, -0.15) is 0 Å². The van der Waals surface area contributed by atoms with E-state index in [0.717, 1.165) is 0 Å². The molecule has 0 aromatic heterocycles. The zero-order chi connectivity index (χ0) is 10.0. The van der Waals surface area contributed by atoms with Crippen LogP contribution in [0.1, 0.15) is 20.8 Å². The van der Waals surface area contributed by atoms with Crippen LogP contribution in [-0.4, -0.2) is 6.29 Å². The molecular formula is C8H4Cl4O. The second kappa shape index (κ2) is 4.52. The Morgan fingerprint density at radius 3 is 2.23 bits per heavy atom. The number of rotatable bonds is 2. The summed E-state index contributed by atoms with van der Waals surface area (Å²) in [4.78, 5) is 9.71. The minimum Gasteiger partial charge on any atom is -0.298 e. The van der Waals surface area contributed by atoms with E-state index in [1.807, 2.05) is 0 Å². The van der Waals surface area contributed by atoms with Crippen molar-refractivity contribution in [2.45, 2.75) is 4.84 Å². The first-order valence-electron chi connectivity index (χ1n) is 3.29. The van der Waals surface area contributed by atoms with Gasteiger partial charge in [-0.15, -0.1) is 23.2 Å². The van der Waals surface area contributed by atoms with Crippen molar-refractivity contribution < 1.29 is 4.79 Å². The quantitative estimate of drug-likeness (QED) is 0.571. The summed E-state index contributed by atoms with van der Waals surface area (Å²) in [5.74, 6) is 0. The second-order valence-electron chi connectivity index (χ2n) is 2.29. The van der Waals surface area contributed by atoms with Gasteiger partial charge in [0.05, 0.1) is 10.0 Å². The molecule has 0 saturated heterocycles. The van der Waals surface area contributed by atoms with Crippen molar-refractivity contribution in [3.05, 3.63) is 33.3 Å². The van der Waals surface area contributed by atoms with E-state index in [0.29, 0.717) is 17.4 Å². The van der Waals surface area contributed by atoms with Crippen LogP contribution in [0.25, 0.3) is 0 Å². The van der Waals surface area contributed by atoms with Gasteiger partial charge < -0.3 is 0 Å². The average Bonchev–Trinajstić information content (AvgIpc) is 2.09. The molecule has 0 amide bonds. The van der Waals surface area contributed by atoms with Crippen molar-refractivity contribution in [2.75, 3.05) is 0 Å². The molecule has 0 radical (unpaired) electrons. The molecule has 0 aliphatic carbocycles. The second-order valence-corrected chi connectivity index (χ2v) is 4.14. The molecule has 13 heavy (non-hydrogen) atoms. The molecular weight excluding hydrogens is 254 g/mol. The Balaban J connectivity index is 3.31. The predicted octanol–water partition coefficient (Wildman–Crippen LogP) is 4.28. The van der Waals surface area contributed by atoms with Crippen molar-refractivity contribution in [2.24, 2.45) is 0 Å². The molecule has 0 unspecified atom stereocenters. The third kappa shape index (κ3) is 2.29. The summed E-state index contributed by atoms with van der Waals surface area (Å²) in [5.41, 5.74) is 0.824. The lowest BCUT2D eigenvalue weighted by molar-refractivity contribution is 0.112. The average molecular weight is 258 g/mol. The molecule has 0 heterocycles. The first-order valence-corrected chi connectivity index (χ1v) is 4.92. The number of aldehydes is 1. The summed E-state index contributed by atoms with van der Waals surface area (Å²) >= 11 is 22.8. The van der Waals surface area contributed by atoms with Crippen LogP contribution in [0.15, 0.2) is 12.1 Å². The maximum absolute atomic E-state index is 10.5. The van der Waals surface area contributed by atoms with Crippen LogP contribution in [0.3, 0.4) is 0 Å². The highest BCUT2D eigenvalue weighted by atomic mass is 35.5. The van der Waals surface area contributed by atoms with Crippen molar-refractivity contribution in [3.63, 3.8) is 0 Å². The Morgan fingerprint density at radius 2 is 1.77 bits per heavy atom. The highest BCUT2D eigenvalue weighted by Gasteiger charge is 2.13. The summed E-state index contributed by atoms with van der Waals surface area (Å²) in [7, 11) is 0. The fraction of sp³-hybridized carbons (Fsp3) is 0.125. The van der Waals surface area contributed by atoms with Crippen molar-refractivity contribution in [1.82, 2.24) is 0 Å². The zero-order valence-corrected chi connectivity index (χ0v) is 9.25. The SMILES string of the molecule is O=Cc1ccc(C(Cl)Cl)c(Cl)c1Cl. The van der Waals surface area contributed by atoms with Gasteiger partial charge in [-0.3, -0.25) is 4.79 Å². The number of carbonyl (C=O) groups is 1. The van der Waals surface area contributed by atoms with E-state index >= 15 is 0 Å². The smallest absolute Gasteiger partial charge is 0.151 e. The molecule has 1 aromatic carbocycles. The van der Waals surface area contributed by atoms with Crippen LogP contribution in [-0.2, 0) is 0 Å². The van der Waals surface area contributed by atoms with Crippen molar-refractivity contribution >= 4 is 52.7 Å². The van der Waals surface area contributed by atoms with E-state index in [4.69, 9.17) is 46.4 Å². The van der Waals surface area contributed by atoms with E-state index in [1.165, 1.54) is 6.07 Å². The monoisotopic (exact) mass is 256 g/mol. The minimum absolute atomic E-state index is 0.181. The van der Waals surface area contributed by atoms with Gasteiger partial charge in [-0.25, -0.2) is 0 Å². The Hall–Kier alpha value is 0.0500. The Kier molecular flexibility index (Phi) is 3.87. The Bertz CT molecular complexity index is 335. The highest BCUT2D eigenvalue weighted by molar-refractivity contribution is 6.48. The van der Waals surface area contributed by atoms with Gasteiger partial charge in [-0.05, 0) is 6.07 Å². The normalized spacial score (nSPS) is 10.5. The Labute approximate surface area is 95.5 Å². The molecule has 0 spiro atoms. The molecule has 0 aliphatic heterocycles. The lowest BCUT2D eigenvalue weighted by Gasteiger charge is -2.07. The van der Waals surface area contributed by atoms with Crippen LogP contribution < -0.4 is 0 Å². The number of halogens is 4. The number of hydrogen-bond acceptors (Lipinski definition) is 1. The van der Waals surface area contributed by atoms with E-state index in [-0.39, 0.29) is 10.0 Å². The van der Waals surface area contributed by atoms with Crippen LogP contribution in [0, 0.1) is 0 Å². The molecule has 1 rings (SSSR count). The third-order valence-corrected chi connectivity index (χ3v) is 2.89. The van der Waals surface area contributed by atoms with Crippen LogP contribution in [0.5, 0.6) is 0 Å². The zero-order valence-electron chi connectivity index (χ0n) is 6.23. The highest BCUT2D eigenvalue weighted by Crippen LogP contribution is 2.36. The molecule has 0 aliphatic rings. The van der Waals surface area contributed by atoms with Gasteiger partial charge in [0, 0.05) is 11.1 Å². The van der Waals surface area contributed by atoms with Crippen LogP contribution >= 0.6 is 46.4 Å². The number of alkyl halides is 2. The van der Waals surface area contributed by atoms with Crippen molar-refractivity contribution in [1.29, 1.82) is 0 Å². The third-order valence-electron chi connectivity index (χ3n) is 1.50. The fourth-order valence-electron chi connectivity index (χ4n) is 0.839. The lowest BCUT2D eigenvalue weighted by atomic mass is 10.2. The molecule has 0 atom stereocenters. The van der Waals surface area contributed by atoms with E-state index in [1.54, 1.807) is 6.07 Å². The summed E-state index contributed by atoms with van der Waals surface area (Å²) in [6.07, 6.45) is 0.620. The van der Waals surface area contributed by atoms with E-state index < -0.39 is 4.84 Å². The largest absolute Gasteiger partial charge is 0.298 e. The predicted molar refractivity (Wildman–Crippen MR) is 56.3 cm³/mol. The van der Waals surface area contributed by atoms with Gasteiger partial charge in [0.25, 0.3) is 0 Å². The van der Waals surface area contributed by atoms with Gasteiger partial charge in [0.1, 0.15) is 4.84 Å². The topological polar surface area (TPSA) is 17.1 Å².